The molecular weight excluding hydrogens is 448 g/mol. The molecule has 0 saturated carbocycles. The van der Waals surface area contributed by atoms with Crippen molar-refractivity contribution in [3.8, 4) is 11.3 Å². The van der Waals surface area contributed by atoms with Crippen LogP contribution in [0.3, 0.4) is 0 Å². The minimum atomic E-state index is -4.60. The van der Waals surface area contributed by atoms with Crippen LogP contribution in [0.25, 0.3) is 11.3 Å². The fourth-order valence-electron chi connectivity index (χ4n) is 3.77. The summed E-state index contributed by atoms with van der Waals surface area (Å²) >= 11 is 12.1. The molecule has 3 aromatic rings. The first kappa shape index (κ1) is 22.0. The minimum Gasteiger partial charge on any atom is -0.369 e. The molecule has 0 radical (unpaired) electrons. The molecule has 1 saturated heterocycles. The Morgan fingerprint density at radius 3 is 2.10 bits per heavy atom. The van der Waals surface area contributed by atoms with Gasteiger partial charge in [-0.2, -0.15) is 18.3 Å². The summed E-state index contributed by atoms with van der Waals surface area (Å²) in [6.45, 7) is 4.20. The van der Waals surface area contributed by atoms with E-state index in [4.69, 9.17) is 23.2 Å². The van der Waals surface area contributed by atoms with E-state index in [1.54, 1.807) is 24.3 Å². The van der Waals surface area contributed by atoms with Crippen molar-refractivity contribution in [3.63, 3.8) is 0 Å². The molecule has 4 rings (SSSR count). The molecule has 1 aliphatic heterocycles. The largest absolute Gasteiger partial charge is 0.436 e. The molecule has 0 spiro atoms. The average Bonchev–Trinajstić information content (AvgIpc) is 3.10. The van der Waals surface area contributed by atoms with Gasteiger partial charge in [0.1, 0.15) is 0 Å². The zero-order valence-corrected chi connectivity index (χ0v) is 18.1. The number of piperazine rings is 1. The van der Waals surface area contributed by atoms with Crippen molar-refractivity contribution in [2.45, 2.75) is 12.7 Å². The van der Waals surface area contributed by atoms with Gasteiger partial charge in [0.25, 0.3) is 0 Å². The number of nitrogens with zero attached hydrogens (tertiary/aromatic N) is 4. The number of aromatic nitrogens is 2. The van der Waals surface area contributed by atoms with Crippen LogP contribution in [-0.4, -0.2) is 47.4 Å². The number of hydrogen-bond acceptors (Lipinski definition) is 3. The van der Waals surface area contributed by atoms with Gasteiger partial charge in [-0.3, -0.25) is 9.58 Å². The molecule has 0 aliphatic carbocycles. The van der Waals surface area contributed by atoms with Crippen molar-refractivity contribution < 1.29 is 13.2 Å². The van der Waals surface area contributed by atoms with Crippen LogP contribution in [0, 0.1) is 0 Å². The lowest BCUT2D eigenvalue weighted by Gasteiger charge is -2.36. The standard InChI is InChI=1S/C22H21Cl2F3N4/c23-17-6-8-18(9-7-17)30-13-10-29(11-14-30)12-15-31-20(16-4-2-1-3-5-16)19(24)21(28-31)22(25,26)27/h1-9H,10-15H2. The second-order valence-electron chi connectivity index (χ2n) is 7.40. The van der Waals surface area contributed by atoms with Crippen molar-refractivity contribution in [2.24, 2.45) is 0 Å². The number of hydrogen-bond donors (Lipinski definition) is 0. The molecule has 0 atom stereocenters. The van der Waals surface area contributed by atoms with E-state index in [-0.39, 0.29) is 5.02 Å². The Kier molecular flexibility index (Phi) is 6.46. The zero-order valence-electron chi connectivity index (χ0n) is 16.6. The molecule has 0 N–H and O–H groups in total. The van der Waals surface area contributed by atoms with Crippen LogP contribution in [0.5, 0.6) is 0 Å². The van der Waals surface area contributed by atoms with E-state index in [0.717, 1.165) is 31.9 Å². The molecule has 9 heteroatoms. The third kappa shape index (κ3) is 5.00. The molecule has 0 unspecified atom stereocenters. The Labute approximate surface area is 188 Å². The van der Waals surface area contributed by atoms with E-state index in [9.17, 15) is 13.2 Å². The highest BCUT2D eigenvalue weighted by Crippen LogP contribution is 2.39. The quantitative estimate of drug-likeness (QED) is 0.480. The molecule has 4 nitrogen and oxygen atoms in total. The summed E-state index contributed by atoms with van der Waals surface area (Å²) in [4.78, 5) is 4.50. The summed E-state index contributed by atoms with van der Waals surface area (Å²) in [5.74, 6) is 0. The van der Waals surface area contributed by atoms with E-state index in [1.165, 1.54) is 4.68 Å². The molecule has 2 aromatic carbocycles. The van der Waals surface area contributed by atoms with E-state index in [1.807, 2.05) is 30.3 Å². The Bertz CT molecular complexity index is 1010. The van der Waals surface area contributed by atoms with Gasteiger partial charge in [0, 0.05) is 49.0 Å². The van der Waals surface area contributed by atoms with E-state index in [2.05, 4.69) is 14.9 Å². The maximum Gasteiger partial charge on any atom is 0.436 e. The Hall–Kier alpha value is -2.22. The molecule has 1 fully saturated rings. The normalized spacial score (nSPS) is 15.5. The van der Waals surface area contributed by atoms with Crippen LogP contribution in [0.1, 0.15) is 5.69 Å². The third-order valence-electron chi connectivity index (χ3n) is 5.40. The number of anilines is 1. The highest BCUT2D eigenvalue weighted by Gasteiger charge is 2.39. The summed E-state index contributed by atoms with van der Waals surface area (Å²) in [6.07, 6.45) is -4.60. The van der Waals surface area contributed by atoms with Gasteiger partial charge in [0.15, 0.2) is 5.69 Å². The van der Waals surface area contributed by atoms with Crippen LogP contribution in [0.15, 0.2) is 54.6 Å². The maximum atomic E-state index is 13.4. The van der Waals surface area contributed by atoms with Gasteiger partial charge in [-0.25, -0.2) is 0 Å². The first-order valence-corrected chi connectivity index (χ1v) is 10.7. The van der Waals surface area contributed by atoms with Gasteiger partial charge in [-0.15, -0.1) is 0 Å². The predicted molar refractivity (Wildman–Crippen MR) is 118 cm³/mol. The van der Waals surface area contributed by atoms with Gasteiger partial charge in [0.05, 0.1) is 17.3 Å². The van der Waals surface area contributed by atoms with Gasteiger partial charge in [-0.05, 0) is 24.3 Å². The number of benzene rings is 2. The zero-order chi connectivity index (χ0) is 22.0. The van der Waals surface area contributed by atoms with Crippen molar-refractivity contribution in [1.82, 2.24) is 14.7 Å². The van der Waals surface area contributed by atoms with Crippen molar-refractivity contribution >= 4 is 28.9 Å². The summed E-state index contributed by atoms with van der Waals surface area (Å²) in [6, 6.07) is 16.6. The monoisotopic (exact) mass is 468 g/mol. The fourth-order valence-corrected chi connectivity index (χ4v) is 4.25. The molecule has 1 aliphatic rings. The van der Waals surface area contributed by atoms with Crippen LogP contribution in [-0.2, 0) is 12.7 Å². The third-order valence-corrected chi connectivity index (χ3v) is 6.01. The molecule has 1 aromatic heterocycles. The molecule has 2 heterocycles. The molecular formula is C22H21Cl2F3N4. The lowest BCUT2D eigenvalue weighted by Crippen LogP contribution is -2.47. The summed E-state index contributed by atoms with van der Waals surface area (Å²) in [5, 5.41) is 4.17. The van der Waals surface area contributed by atoms with Crippen molar-refractivity contribution in [1.29, 1.82) is 0 Å². The van der Waals surface area contributed by atoms with Crippen LogP contribution in [0.2, 0.25) is 10.0 Å². The van der Waals surface area contributed by atoms with Crippen LogP contribution >= 0.6 is 23.2 Å². The second-order valence-corrected chi connectivity index (χ2v) is 8.22. The van der Waals surface area contributed by atoms with E-state index < -0.39 is 11.9 Å². The number of rotatable bonds is 5. The minimum absolute atomic E-state index is 0.300. The Balaban J connectivity index is 1.46. The summed E-state index contributed by atoms with van der Waals surface area (Å²) < 4.78 is 41.6. The Morgan fingerprint density at radius 2 is 1.48 bits per heavy atom. The van der Waals surface area contributed by atoms with Gasteiger partial charge in [-0.1, -0.05) is 53.5 Å². The van der Waals surface area contributed by atoms with Crippen molar-refractivity contribution in [3.05, 3.63) is 70.3 Å². The lowest BCUT2D eigenvalue weighted by atomic mass is 10.1. The molecule has 164 valence electrons. The van der Waals surface area contributed by atoms with Crippen LogP contribution in [0.4, 0.5) is 18.9 Å². The maximum absolute atomic E-state index is 13.4. The highest BCUT2D eigenvalue weighted by atomic mass is 35.5. The van der Waals surface area contributed by atoms with Gasteiger partial charge in [0.2, 0.25) is 0 Å². The number of halogens is 5. The second kappa shape index (κ2) is 9.10. The summed E-state index contributed by atoms with van der Waals surface area (Å²) in [7, 11) is 0. The number of alkyl halides is 3. The molecule has 0 bridgehead atoms. The topological polar surface area (TPSA) is 24.3 Å². The van der Waals surface area contributed by atoms with E-state index in [0.29, 0.717) is 29.4 Å². The molecule has 31 heavy (non-hydrogen) atoms. The van der Waals surface area contributed by atoms with Gasteiger partial charge >= 0.3 is 6.18 Å². The first-order valence-electron chi connectivity index (χ1n) is 9.95. The first-order chi connectivity index (χ1) is 14.8. The summed E-state index contributed by atoms with van der Waals surface area (Å²) in [5.41, 5.74) is 0.988. The van der Waals surface area contributed by atoms with Crippen molar-refractivity contribution in [2.75, 3.05) is 37.6 Å². The van der Waals surface area contributed by atoms with Crippen LogP contribution < -0.4 is 4.90 Å². The van der Waals surface area contributed by atoms with E-state index >= 15 is 0 Å². The fraction of sp³-hybridized carbons (Fsp3) is 0.318. The molecule has 0 amide bonds. The smallest absolute Gasteiger partial charge is 0.369 e. The predicted octanol–water partition coefficient (Wildman–Crippen LogP) is 5.70. The van der Waals surface area contributed by atoms with Gasteiger partial charge < -0.3 is 4.90 Å². The SMILES string of the molecule is FC(F)(F)c1nn(CCN2CCN(c3ccc(Cl)cc3)CC2)c(-c2ccccc2)c1Cl. The highest BCUT2D eigenvalue weighted by molar-refractivity contribution is 6.33. The average molecular weight is 469 g/mol. The lowest BCUT2D eigenvalue weighted by molar-refractivity contribution is -0.141. The Morgan fingerprint density at radius 1 is 0.839 bits per heavy atom.